The molecule has 0 heterocycles. The highest BCUT2D eigenvalue weighted by Crippen LogP contribution is 2.65. The summed E-state index contributed by atoms with van der Waals surface area (Å²) in [6, 6.07) is 0. The van der Waals surface area contributed by atoms with Crippen LogP contribution >= 0.6 is 0 Å². The lowest BCUT2D eigenvalue weighted by molar-refractivity contribution is 0.241. The third-order valence-electron chi connectivity index (χ3n) is 4.95. The maximum Gasteiger partial charge on any atom is 0.271 e. The normalized spacial score (nSPS) is 43.5. The van der Waals surface area contributed by atoms with E-state index in [1.807, 2.05) is 13.8 Å². The summed E-state index contributed by atoms with van der Waals surface area (Å²) in [6.07, 6.45) is 2.29. The Balaban J connectivity index is 2.59. The summed E-state index contributed by atoms with van der Waals surface area (Å²) < 4.78 is 32.0. The van der Waals surface area contributed by atoms with Crippen LogP contribution in [0.15, 0.2) is 0 Å². The Labute approximate surface area is 91.0 Å². The van der Waals surface area contributed by atoms with Gasteiger partial charge in [-0.1, -0.05) is 13.8 Å². The Kier molecular flexibility index (Phi) is 2.24. The Morgan fingerprint density at radius 1 is 1.47 bits per heavy atom. The van der Waals surface area contributed by atoms with Crippen LogP contribution in [-0.4, -0.2) is 24.3 Å². The molecule has 3 atom stereocenters. The lowest BCUT2D eigenvalue weighted by atomic mass is 9.79. The number of nitrogens with two attached hydrogens (primary N) is 1. The van der Waals surface area contributed by atoms with Crippen molar-refractivity contribution in [1.29, 1.82) is 0 Å². The first-order valence-electron chi connectivity index (χ1n) is 5.44. The molecule has 4 nitrogen and oxygen atoms in total. The van der Waals surface area contributed by atoms with Gasteiger partial charge in [0.2, 0.25) is 0 Å². The molecule has 0 aliphatic heterocycles. The molecular formula is C10H19NO3S. The SMILES string of the molecule is CC1(C)C2CC[C@@]1(S(=O)(=O)O)[C@H](CN)C2. The van der Waals surface area contributed by atoms with Gasteiger partial charge in [0.25, 0.3) is 10.1 Å². The van der Waals surface area contributed by atoms with Crippen LogP contribution in [0, 0.1) is 17.3 Å². The summed E-state index contributed by atoms with van der Waals surface area (Å²) in [7, 11) is -4.02. The van der Waals surface area contributed by atoms with Gasteiger partial charge in [0, 0.05) is 0 Å². The van der Waals surface area contributed by atoms with E-state index in [1.165, 1.54) is 0 Å². The van der Waals surface area contributed by atoms with Crippen LogP contribution in [0.1, 0.15) is 33.1 Å². The van der Waals surface area contributed by atoms with Gasteiger partial charge in [-0.3, -0.25) is 4.55 Å². The Hall–Kier alpha value is -0.130. The number of rotatable bonds is 2. The molecule has 88 valence electrons. The predicted octanol–water partition coefficient (Wildman–Crippen LogP) is 1.03. The molecule has 15 heavy (non-hydrogen) atoms. The van der Waals surface area contributed by atoms with Crippen LogP contribution in [0.2, 0.25) is 0 Å². The molecule has 0 aromatic carbocycles. The third-order valence-corrected chi connectivity index (χ3v) is 6.93. The van der Waals surface area contributed by atoms with E-state index in [1.54, 1.807) is 0 Å². The highest BCUT2D eigenvalue weighted by molar-refractivity contribution is 7.87. The molecule has 0 saturated heterocycles. The Morgan fingerprint density at radius 2 is 2.07 bits per heavy atom. The van der Waals surface area contributed by atoms with Crippen molar-refractivity contribution < 1.29 is 13.0 Å². The second-order valence-electron chi connectivity index (χ2n) is 5.49. The molecule has 1 unspecified atom stereocenters. The molecule has 2 rings (SSSR count). The summed E-state index contributed by atoms with van der Waals surface area (Å²) >= 11 is 0. The van der Waals surface area contributed by atoms with Crippen LogP contribution in [0.3, 0.4) is 0 Å². The lowest BCUT2D eigenvalue weighted by Crippen LogP contribution is -2.51. The van der Waals surface area contributed by atoms with Gasteiger partial charge in [0.05, 0.1) is 0 Å². The summed E-state index contributed by atoms with van der Waals surface area (Å²) in [6.45, 7) is 4.25. The van der Waals surface area contributed by atoms with Gasteiger partial charge in [0.1, 0.15) is 4.75 Å². The minimum absolute atomic E-state index is 0.0822. The van der Waals surface area contributed by atoms with Crippen molar-refractivity contribution in [3.05, 3.63) is 0 Å². The topological polar surface area (TPSA) is 80.4 Å². The molecule has 0 aromatic heterocycles. The molecule has 3 N–H and O–H groups in total. The first-order valence-corrected chi connectivity index (χ1v) is 6.88. The highest BCUT2D eigenvalue weighted by Gasteiger charge is 2.69. The smallest absolute Gasteiger partial charge is 0.271 e. The van der Waals surface area contributed by atoms with Gasteiger partial charge >= 0.3 is 0 Å². The second-order valence-corrected chi connectivity index (χ2v) is 7.17. The largest absolute Gasteiger partial charge is 0.330 e. The zero-order valence-electron chi connectivity index (χ0n) is 9.23. The maximum atomic E-state index is 11.7. The van der Waals surface area contributed by atoms with E-state index >= 15 is 0 Å². The summed E-state index contributed by atoms with van der Waals surface area (Å²) in [4.78, 5) is 0. The fourth-order valence-electron chi connectivity index (χ4n) is 4.05. The molecule has 2 aliphatic carbocycles. The monoisotopic (exact) mass is 233 g/mol. The fraction of sp³-hybridized carbons (Fsp3) is 1.00. The Morgan fingerprint density at radius 3 is 2.40 bits per heavy atom. The number of fused-ring (bicyclic) bond motifs is 2. The van der Waals surface area contributed by atoms with E-state index in [2.05, 4.69) is 0 Å². The van der Waals surface area contributed by atoms with Crippen LogP contribution in [0.4, 0.5) is 0 Å². The zero-order chi connectivity index (χ0) is 11.5. The molecule has 2 saturated carbocycles. The maximum absolute atomic E-state index is 11.7. The van der Waals surface area contributed by atoms with Crippen molar-refractivity contribution in [2.24, 2.45) is 23.0 Å². The van der Waals surface area contributed by atoms with Crippen LogP contribution in [-0.2, 0) is 10.1 Å². The molecule has 2 aliphatic rings. The van der Waals surface area contributed by atoms with E-state index in [4.69, 9.17) is 5.73 Å². The predicted molar refractivity (Wildman–Crippen MR) is 57.9 cm³/mol. The molecule has 0 spiro atoms. The van der Waals surface area contributed by atoms with E-state index in [0.717, 1.165) is 12.8 Å². The quantitative estimate of drug-likeness (QED) is 0.698. The zero-order valence-corrected chi connectivity index (χ0v) is 10.0. The Bertz CT molecular complexity index is 376. The van der Waals surface area contributed by atoms with Crippen LogP contribution in [0.5, 0.6) is 0 Å². The van der Waals surface area contributed by atoms with E-state index in [-0.39, 0.29) is 11.3 Å². The van der Waals surface area contributed by atoms with Gasteiger partial charge in [-0.25, -0.2) is 0 Å². The summed E-state index contributed by atoms with van der Waals surface area (Å²) in [5.74, 6) is 0.300. The van der Waals surface area contributed by atoms with E-state index in [9.17, 15) is 13.0 Å². The molecule has 5 heteroatoms. The lowest BCUT2D eigenvalue weighted by Gasteiger charge is -2.38. The van der Waals surface area contributed by atoms with Crippen molar-refractivity contribution in [2.75, 3.05) is 6.54 Å². The molecule has 0 amide bonds. The fourth-order valence-corrected chi connectivity index (χ4v) is 5.87. The first kappa shape index (κ1) is 11.4. The van der Waals surface area contributed by atoms with Crippen molar-refractivity contribution in [3.8, 4) is 0 Å². The van der Waals surface area contributed by atoms with E-state index < -0.39 is 14.9 Å². The van der Waals surface area contributed by atoms with Crippen molar-refractivity contribution in [3.63, 3.8) is 0 Å². The minimum Gasteiger partial charge on any atom is -0.330 e. The molecule has 0 radical (unpaired) electrons. The van der Waals surface area contributed by atoms with Crippen LogP contribution in [0.25, 0.3) is 0 Å². The van der Waals surface area contributed by atoms with Crippen molar-refractivity contribution in [2.45, 2.75) is 37.9 Å². The van der Waals surface area contributed by atoms with E-state index in [0.29, 0.717) is 18.9 Å². The van der Waals surface area contributed by atoms with Gasteiger partial charge in [-0.15, -0.1) is 0 Å². The van der Waals surface area contributed by atoms with Gasteiger partial charge < -0.3 is 5.73 Å². The van der Waals surface area contributed by atoms with Gasteiger partial charge in [-0.05, 0) is 43.1 Å². The molecule has 2 fully saturated rings. The minimum atomic E-state index is -4.02. The second kappa shape index (κ2) is 2.96. The first-order chi connectivity index (χ1) is 6.77. The molecule has 2 bridgehead atoms. The molecular weight excluding hydrogens is 214 g/mol. The van der Waals surface area contributed by atoms with Crippen LogP contribution < -0.4 is 5.73 Å². The summed E-state index contributed by atoms with van der Waals surface area (Å²) in [5.41, 5.74) is 5.31. The number of hydrogen-bond acceptors (Lipinski definition) is 3. The average molecular weight is 233 g/mol. The highest BCUT2D eigenvalue weighted by atomic mass is 32.2. The van der Waals surface area contributed by atoms with Crippen molar-refractivity contribution in [1.82, 2.24) is 0 Å². The molecule has 0 aromatic rings. The third kappa shape index (κ3) is 1.11. The van der Waals surface area contributed by atoms with Crippen molar-refractivity contribution >= 4 is 10.1 Å². The number of hydrogen-bond donors (Lipinski definition) is 2. The standard InChI is InChI=1S/C10H19NO3S/c1-9(2)7-3-4-10(9,15(12,13)14)8(5-7)6-11/h7-8H,3-6,11H2,1-2H3,(H,12,13,14)/t7?,8-,10+/m0/s1. The van der Waals surface area contributed by atoms with Gasteiger partial charge in [0.15, 0.2) is 0 Å². The summed E-state index contributed by atoms with van der Waals surface area (Å²) in [5, 5.41) is 0. The van der Waals surface area contributed by atoms with Gasteiger partial charge in [-0.2, -0.15) is 8.42 Å². The average Bonchev–Trinajstić information content (AvgIpc) is 2.50.